The highest BCUT2D eigenvalue weighted by Crippen LogP contribution is 2.34. The Hall–Kier alpha value is -3.45. The van der Waals surface area contributed by atoms with Crippen molar-refractivity contribution < 1.29 is 14.6 Å². The van der Waals surface area contributed by atoms with Crippen LogP contribution in [0.2, 0.25) is 0 Å². The van der Waals surface area contributed by atoms with E-state index < -0.39 is 6.10 Å². The third-order valence-corrected chi connectivity index (χ3v) is 5.71. The summed E-state index contributed by atoms with van der Waals surface area (Å²) >= 11 is 0. The predicted molar refractivity (Wildman–Crippen MR) is 138 cm³/mol. The molecule has 182 valence electrons. The van der Waals surface area contributed by atoms with Crippen LogP contribution in [0, 0.1) is 0 Å². The van der Waals surface area contributed by atoms with Gasteiger partial charge in [0.05, 0.1) is 18.3 Å². The highest BCUT2D eigenvalue weighted by atomic mass is 16.5. The number of hydrogen-bond acceptors (Lipinski definition) is 5. The Kier molecular flexibility index (Phi) is 8.68. The van der Waals surface area contributed by atoms with Crippen molar-refractivity contribution in [1.29, 1.82) is 0 Å². The minimum Gasteiger partial charge on any atom is -0.439 e. The summed E-state index contributed by atoms with van der Waals surface area (Å²) in [4.78, 5) is 2.22. The third kappa shape index (κ3) is 6.79. The van der Waals surface area contributed by atoms with Crippen LogP contribution in [0.15, 0.2) is 91.0 Å². The Morgan fingerprint density at radius 3 is 2.17 bits per heavy atom. The molecule has 3 aromatic carbocycles. The number of ether oxygens (including phenoxy) is 2. The number of aryl methyl sites for hydroxylation is 1. The molecular formula is C29H33N3O3. The lowest BCUT2D eigenvalue weighted by Crippen LogP contribution is -2.34. The normalized spacial score (nSPS) is 12.1. The van der Waals surface area contributed by atoms with Gasteiger partial charge in [-0.2, -0.15) is 5.10 Å². The summed E-state index contributed by atoms with van der Waals surface area (Å²) < 4.78 is 13.6. The molecule has 0 aliphatic rings. The van der Waals surface area contributed by atoms with E-state index in [9.17, 15) is 5.11 Å². The fourth-order valence-electron chi connectivity index (χ4n) is 4.11. The Labute approximate surface area is 207 Å². The summed E-state index contributed by atoms with van der Waals surface area (Å²) in [6.45, 7) is 4.50. The molecular weight excluding hydrogens is 438 g/mol. The van der Waals surface area contributed by atoms with E-state index in [-0.39, 0.29) is 0 Å². The van der Waals surface area contributed by atoms with Gasteiger partial charge >= 0.3 is 0 Å². The highest BCUT2D eigenvalue weighted by molar-refractivity contribution is 5.65. The average Bonchev–Trinajstić information content (AvgIpc) is 3.19. The zero-order chi connectivity index (χ0) is 24.5. The van der Waals surface area contributed by atoms with Crippen LogP contribution >= 0.6 is 0 Å². The molecule has 0 aliphatic carbocycles. The van der Waals surface area contributed by atoms with Crippen LogP contribution in [0.4, 0.5) is 0 Å². The fourth-order valence-corrected chi connectivity index (χ4v) is 4.11. The maximum atomic E-state index is 10.7. The number of aromatic nitrogens is 2. The second-order valence-corrected chi connectivity index (χ2v) is 8.51. The number of hydrogen-bond donors (Lipinski definition) is 1. The van der Waals surface area contributed by atoms with Crippen molar-refractivity contribution in [2.45, 2.75) is 26.1 Å². The van der Waals surface area contributed by atoms with Crippen molar-refractivity contribution in [3.05, 3.63) is 102 Å². The lowest BCUT2D eigenvalue weighted by atomic mass is 10.1. The van der Waals surface area contributed by atoms with Gasteiger partial charge in [0, 0.05) is 38.9 Å². The van der Waals surface area contributed by atoms with Crippen LogP contribution in [0.1, 0.15) is 18.1 Å². The summed E-state index contributed by atoms with van der Waals surface area (Å²) in [5, 5.41) is 15.5. The van der Waals surface area contributed by atoms with Crippen molar-refractivity contribution in [2.24, 2.45) is 7.05 Å². The maximum Gasteiger partial charge on any atom is 0.222 e. The molecule has 0 spiro atoms. The highest BCUT2D eigenvalue weighted by Gasteiger charge is 2.23. The quantitative estimate of drug-likeness (QED) is 0.305. The van der Waals surface area contributed by atoms with E-state index in [4.69, 9.17) is 14.6 Å². The van der Waals surface area contributed by atoms with Crippen LogP contribution < -0.4 is 4.74 Å². The molecule has 1 heterocycles. The lowest BCUT2D eigenvalue weighted by Gasteiger charge is -2.25. The molecule has 0 unspecified atom stereocenters. The van der Waals surface area contributed by atoms with Crippen molar-refractivity contribution in [2.75, 3.05) is 19.8 Å². The van der Waals surface area contributed by atoms with E-state index in [2.05, 4.69) is 29.2 Å². The summed E-state index contributed by atoms with van der Waals surface area (Å²) in [6, 6.07) is 30.2. The van der Waals surface area contributed by atoms with Gasteiger partial charge in [-0.1, -0.05) is 78.9 Å². The molecule has 6 nitrogen and oxygen atoms in total. The molecule has 4 rings (SSSR count). The van der Waals surface area contributed by atoms with Crippen LogP contribution in [0.5, 0.6) is 11.6 Å². The predicted octanol–water partition coefficient (Wildman–Crippen LogP) is 5.28. The minimum absolute atomic E-state index is 0.299. The van der Waals surface area contributed by atoms with E-state index in [0.717, 1.165) is 22.6 Å². The Bertz CT molecular complexity index is 1160. The van der Waals surface area contributed by atoms with Gasteiger partial charge in [0.1, 0.15) is 11.4 Å². The number of nitrogens with zero attached hydrogens (tertiary/aromatic N) is 3. The van der Waals surface area contributed by atoms with Crippen molar-refractivity contribution in [3.8, 4) is 22.9 Å². The summed E-state index contributed by atoms with van der Waals surface area (Å²) in [7, 11) is 1.90. The zero-order valence-electron chi connectivity index (χ0n) is 20.4. The minimum atomic E-state index is -0.603. The second-order valence-electron chi connectivity index (χ2n) is 8.51. The molecule has 0 aliphatic heterocycles. The van der Waals surface area contributed by atoms with Crippen LogP contribution in [-0.4, -0.2) is 45.6 Å². The molecule has 1 aromatic heterocycles. The molecule has 1 atom stereocenters. The molecule has 1 N–H and O–H groups in total. The van der Waals surface area contributed by atoms with Gasteiger partial charge in [0.15, 0.2) is 0 Å². The van der Waals surface area contributed by atoms with Crippen molar-refractivity contribution >= 4 is 0 Å². The number of benzene rings is 3. The first-order chi connectivity index (χ1) is 17.1. The lowest BCUT2D eigenvalue weighted by molar-refractivity contribution is 0.0179. The molecule has 0 fully saturated rings. The van der Waals surface area contributed by atoms with Gasteiger partial charge in [-0.3, -0.25) is 4.90 Å². The number of para-hydroxylation sites is 1. The number of rotatable bonds is 12. The fraction of sp³-hybridized carbons (Fsp3) is 0.276. The van der Waals surface area contributed by atoms with Gasteiger partial charge in [-0.15, -0.1) is 0 Å². The summed E-state index contributed by atoms with van der Waals surface area (Å²) in [5.74, 6) is 1.44. The topological polar surface area (TPSA) is 59.8 Å². The Morgan fingerprint density at radius 1 is 0.886 bits per heavy atom. The van der Waals surface area contributed by atoms with E-state index >= 15 is 0 Å². The SMILES string of the molecule is CCOC[C@H](O)CN(Cc1ccccc1)Cc1c(-c2ccccc2)nn(C)c1Oc1ccccc1. The van der Waals surface area contributed by atoms with Gasteiger partial charge in [0.2, 0.25) is 5.88 Å². The summed E-state index contributed by atoms with van der Waals surface area (Å²) in [6.07, 6.45) is -0.603. The maximum absolute atomic E-state index is 10.7. The van der Waals surface area contributed by atoms with Gasteiger partial charge in [-0.25, -0.2) is 4.68 Å². The molecule has 0 saturated carbocycles. The van der Waals surface area contributed by atoms with Crippen LogP contribution in [0.25, 0.3) is 11.3 Å². The first-order valence-electron chi connectivity index (χ1n) is 12.0. The van der Waals surface area contributed by atoms with Gasteiger partial charge < -0.3 is 14.6 Å². The first-order valence-corrected chi connectivity index (χ1v) is 12.0. The summed E-state index contributed by atoms with van der Waals surface area (Å²) in [5.41, 5.74) is 4.04. The van der Waals surface area contributed by atoms with Gasteiger partial charge in [0.25, 0.3) is 0 Å². The zero-order valence-corrected chi connectivity index (χ0v) is 20.4. The molecule has 35 heavy (non-hydrogen) atoms. The molecule has 0 bridgehead atoms. The Balaban J connectivity index is 1.70. The monoisotopic (exact) mass is 471 g/mol. The average molecular weight is 472 g/mol. The van der Waals surface area contributed by atoms with Crippen molar-refractivity contribution in [1.82, 2.24) is 14.7 Å². The van der Waals surface area contributed by atoms with E-state index in [1.165, 1.54) is 5.56 Å². The first kappa shape index (κ1) is 24.7. The van der Waals surface area contributed by atoms with Gasteiger partial charge in [-0.05, 0) is 24.6 Å². The van der Waals surface area contributed by atoms with E-state index in [0.29, 0.717) is 38.7 Å². The van der Waals surface area contributed by atoms with Crippen molar-refractivity contribution in [3.63, 3.8) is 0 Å². The second kappa shape index (κ2) is 12.3. The molecule has 4 aromatic rings. The standard InChI is InChI=1S/C29H33N3O3/c1-3-34-22-25(33)20-32(19-23-13-7-4-8-14-23)21-27-28(24-15-9-5-10-16-24)30-31(2)29(27)35-26-17-11-6-12-18-26/h4-18,25,33H,3,19-22H2,1-2H3/t25-/m1/s1. The van der Waals surface area contributed by atoms with Crippen LogP contribution in [0.3, 0.4) is 0 Å². The van der Waals surface area contributed by atoms with Crippen LogP contribution in [-0.2, 0) is 24.9 Å². The Morgan fingerprint density at radius 2 is 1.51 bits per heavy atom. The largest absolute Gasteiger partial charge is 0.439 e. The molecule has 0 saturated heterocycles. The molecule has 0 radical (unpaired) electrons. The smallest absolute Gasteiger partial charge is 0.222 e. The van der Waals surface area contributed by atoms with E-state index in [1.807, 2.05) is 80.7 Å². The van der Waals surface area contributed by atoms with E-state index in [1.54, 1.807) is 4.68 Å². The third-order valence-electron chi connectivity index (χ3n) is 5.71. The molecule has 6 heteroatoms. The number of aliphatic hydroxyl groups excluding tert-OH is 1. The number of aliphatic hydroxyl groups is 1. The molecule has 0 amide bonds.